The molecule has 0 bridgehead atoms. The minimum Gasteiger partial charge on any atom is -0.464 e. The van der Waals surface area contributed by atoms with E-state index in [-0.39, 0.29) is 5.41 Å². The fraction of sp³-hybridized carbons (Fsp3) is 0.333. The number of aromatic nitrogens is 1. The van der Waals surface area contributed by atoms with Crippen LogP contribution in [0.25, 0.3) is 0 Å². The lowest BCUT2D eigenvalue weighted by molar-refractivity contribution is 0.0594. The summed E-state index contributed by atoms with van der Waals surface area (Å²) in [6.45, 7) is 5.15. The molecule has 0 aliphatic rings. The van der Waals surface area contributed by atoms with E-state index in [9.17, 15) is 4.79 Å². The van der Waals surface area contributed by atoms with Crippen molar-refractivity contribution in [2.45, 2.75) is 19.3 Å². The van der Waals surface area contributed by atoms with Crippen LogP contribution in [-0.4, -0.2) is 24.6 Å². The van der Waals surface area contributed by atoms with Crippen molar-refractivity contribution in [2.75, 3.05) is 19.0 Å². The Morgan fingerprint density at radius 3 is 2.90 bits per heavy atom. The number of hydrogen-bond donors (Lipinski definition) is 1. The third-order valence-corrected chi connectivity index (χ3v) is 4.31. The molecular formula is C15H18N2O2S. The van der Waals surface area contributed by atoms with Crippen molar-refractivity contribution in [1.82, 2.24) is 4.98 Å². The van der Waals surface area contributed by atoms with E-state index in [2.05, 4.69) is 46.4 Å². The van der Waals surface area contributed by atoms with E-state index in [0.29, 0.717) is 5.69 Å². The van der Waals surface area contributed by atoms with E-state index in [0.717, 1.165) is 12.2 Å². The SMILES string of the molecule is COC(=O)c1cc(NCC(C)(C)c2cccs2)ccn1. The first-order valence-electron chi connectivity index (χ1n) is 6.35. The highest BCUT2D eigenvalue weighted by Crippen LogP contribution is 2.27. The standard InChI is InChI=1S/C15H18N2O2S/c1-15(2,13-5-4-8-20-13)10-17-11-6-7-16-12(9-11)14(18)19-3/h4-9H,10H2,1-3H3,(H,16,17). The molecule has 20 heavy (non-hydrogen) atoms. The van der Waals surface area contributed by atoms with E-state index >= 15 is 0 Å². The molecule has 4 nitrogen and oxygen atoms in total. The third-order valence-electron chi connectivity index (χ3n) is 3.08. The van der Waals surface area contributed by atoms with E-state index < -0.39 is 5.97 Å². The zero-order valence-corrected chi connectivity index (χ0v) is 12.7. The van der Waals surface area contributed by atoms with Crippen LogP contribution in [0.2, 0.25) is 0 Å². The molecule has 0 aliphatic heterocycles. The predicted molar refractivity (Wildman–Crippen MR) is 81.4 cm³/mol. The number of carbonyl (C=O) groups excluding carboxylic acids is 1. The topological polar surface area (TPSA) is 51.2 Å². The Hall–Kier alpha value is -1.88. The Labute approximate surface area is 122 Å². The highest BCUT2D eigenvalue weighted by Gasteiger charge is 2.21. The van der Waals surface area contributed by atoms with Gasteiger partial charge in [0.05, 0.1) is 7.11 Å². The molecule has 0 fully saturated rings. The fourth-order valence-electron chi connectivity index (χ4n) is 1.83. The maximum absolute atomic E-state index is 11.4. The first-order valence-corrected chi connectivity index (χ1v) is 7.23. The number of nitrogens with one attached hydrogen (secondary N) is 1. The summed E-state index contributed by atoms with van der Waals surface area (Å²) in [5.41, 5.74) is 1.21. The normalized spacial score (nSPS) is 11.2. The zero-order valence-electron chi connectivity index (χ0n) is 11.8. The quantitative estimate of drug-likeness (QED) is 0.858. The summed E-state index contributed by atoms with van der Waals surface area (Å²) in [7, 11) is 1.35. The molecule has 5 heteroatoms. The Morgan fingerprint density at radius 2 is 2.25 bits per heavy atom. The molecule has 0 unspecified atom stereocenters. The van der Waals surface area contributed by atoms with Gasteiger partial charge in [-0.25, -0.2) is 9.78 Å². The highest BCUT2D eigenvalue weighted by atomic mass is 32.1. The van der Waals surface area contributed by atoms with Gasteiger partial charge < -0.3 is 10.1 Å². The maximum atomic E-state index is 11.4. The monoisotopic (exact) mass is 290 g/mol. The van der Waals surface area contributed by atoms with Gasteiger partial charge >= 0.3 is 5.97 Å². The lowest BCUT2D eigenvalue weighted by Crippen LogP contribution is -2.26. The second kappa shape index (κ2) is 6.05. The molecule has 0 atom stereocenters. The van der Waals surface area contributed by atoms with Crippen molar-refractivity contribution in [2.24, 2.45) is 0 Å². The molecule has 2 heterocycles. The molecule has 2 aromatic rings. The average Bonchev–Trinajstić information content (AvgIpc) is 3.00. The number of esters is 1. The molecule has 106 valence electrons. The van der Waals surface area contributed by atoms with Gasteiger partial charge in [0.25, 0.3) is 0 Å². The van der Waals surface area contributed by atoms with E-state index in [1.807, 2.05) is 6.07 Å². The largest absolute Gasteiger partial charge is 0.464 e. The van der Waals surface area contributed by atoms with Crippen LogP contribution in [0.1, 0.15) is 29.2 Å². The molecule has 0 saturated carbocycles. The van der Waals surface area contributed by atoms with Gasteiger partial charge in [-0.05, 0) is 23.6 Å². The van der Waals surface area contributed by atoms with Crippen molar-refractivity contribution in [1.29, 1.82) is 0 Å². The van der Waals surface area contributed by atoms with Gasteiger partial charge in [-0.3, -0.25) is 0 Å². The van der Waals surface area contributed by atoms with Gasteiger partial charge in [0, 0.05) is 28.7 Å². The van der Waals surface area contributed by atoms with Crippen LogP contribution in [-0.2, 0) is 10.2 Å². The minimum absolute atomic E-state index is 0.0306. The highest BCUT2D eigenvalue weighted by molar-refractivity contribution is 7.10. The second-order valence-corrected chi connectivity index (χ2v) is 6.08. The van der Waals surface area contributed by atoms with Crippen molar-refractivity contribution in [3.05, 3.63) is 46.4 Å². The van der Waals surface area contributed by atoms with Gasteiger partial charge in [-0.1, -0.05) is 19.9 Å². The van der Waals surface area contributed by atoms with E-state index in [1.165, 1.54) is 12.0 Å². The molecule has 0 amide bonds. The molecule has 2 rings (SSSR count). The van der Waals surface area contributed by atoms with Crippen molar-refractivity contribution in [3.8, 4) is 0 Å². The van der Waals surface area contributed by atoms with Gasteiger partial charge in [-0.15, -0.1) is 11.3 Å². The van der Waals surface area contributed by atoms with E-state index in [4.69, 9.17) is 0 Å². The third kappa shape index (κ3) is 3.36. The van der Waals surface area contributed by atoms with Crippen LogP contribution in [0, 0.1) is 0 Å². The number of ether oxygens (including phenoxy) is 1. The molecular weight excluding hydrogens is 272 g/mol. The van der Waals surface area contributed by atoms with Crippen LogP contribution < -0.4 is 5.32 Å². The molecule has 0 aliphatic carbocycles. The van der Waals surface area contributed by atoms with Crippen molar-refractivity contribution in [3.63, 3.8) is 0 Å². The number of rotatable bonds is 5. The number of pyridine rings is 1. The Kier molecular flexibility index (Phi) is 4.39. The number of anilines is 1. The summed E-state index contributed by atoms with van der Waals surface area (Å²) in [6.07, 6.45) is 1.60. The number of methoxy groups -OCH3 is 1. The van der Waals surface area contributed by atoms with Gasteiger partial charge in [-0.2, -0.15) is 0 Å². The van der Waals surface area contributed by atoms with Crippen LogP contribution in [0.5, 0.6) is 0 Å². The average molecular weight is 290 g/mol. The van der Waals surface area contributed by atoms with Crippen LogP contribution >= 0.6 is 11.3 Å². The van der Waals surface area contributed by atoms with E-state index in [1.54, 1.807) is 23.6 Å². The molecule has 1 N–H and O–H groups in total. The second-order valence-electron chi connectivity index (χ2n) is 5.14. The summed E-state index contributed by atoms with van der Waals surface area (Å²) in [6, 6.07) is 7.75. The summed E-state index contributed by atoms with van der Waals surface area (Å²) in [5.74, 6) is -0.425. The summed E-state index contributed by atoms with van der Waals surface area (Å²) >= 11 is 1.75. The smallest absolute Gasteiger partial charge is 0.356 e. The van der Waals surface area contributed by atoms with Gasteiger partial charge in [0.15, 0.2) is 0 Å². The number of thiophene rings is 1. The Bertz CT molecular complexity index is 579. The zero-order chi connectivity index (χ0) is 14.6. The lowest BCUT2D eigenvalue weighted by Gasteiger charge is -2.24. The Morgan fingerprint density at radius 1 is 1.45 bits per heavy atom. The Balaban J connectivity index is 2.06. The lowest BCUT2D eigenvalue weighted by atomic mass is 9.91. The fourth-order valence-corrected chi connectivity index (χ4v) is 2.68. The summed E-state index contributed by atoms with van der Waals surface area (Å²) < 4.78 is 4.67. The van der Waals surface area contributed by atoms with Crippen molar-refractivity contribution >= 4 is 23.0 Å². The minimum atomic E-state index is -0.425. The molecule has 0 spiro atoms. The predicted octanol–water partition coefficient (Wildman–Crippen LogP) is 3.32. The number of nitrogens with zero attached hydrogens (tertiary/aromatic N) is 1. The number of hydrogen-bond acceptors (Lipinski definition) is 5. The molecule has 0 saturated heterocycles. The maximum Gasteiger partial charge on any atom is 0.356 e. The first-order chi connectivity index (χ1) is 9.53. The van der Waals surface area contributed by atoms with Crippen LogP contribution in [0.4, 0.5) is 5.69 Å². The first kappa shape index (κ1) is 14.5. The summed E-state index contributed by atoms with van der Waals surface area (Å²) in [5, 5.41) is 5.43. The summed E-state index contributed by atoms with van der Waals surface area (Å²) in [4.78, 5) is 16.8. The van der Waals surface area contributed by atoms with Crippen molar-refractivity contribution < 1.29 is 9.53 Å². The molecule has 0 aromatic carbocycles. The molecule has 0 radical (unpaired) electrons. The molecule has 2 aromatic heterocycles. The van der Waals surface area contributed by atoms with Gasteiger partial charge in [0.1, 0.15) is 5.69 Å². The van der Waals surface area contributed by atoms with Crippen LogP contribution in [0.3, 0.4) is 0 Å². The van der Waals surface area contributed by atoms with Gasteiger partial charge in [0.2, 0.25) is 0 Å². The number of carbonyl (C=O) groups is 1. The van der Waals surface area contributed by atoms with Crippen LogP contribution in [0.15, 0.2) is 35.8 Å².